The molecule has 0 amide bonds. The van der Waals surface area contributed by atoms with Crippen molar-refractivity contribution in [1.29, 1.82) is 0 Å². The van der Waals surface area contributed by atoms with E-state index in [9.17, 15) is 0 Å². The van der Waals surface area contributed by atoms with E-state index in [4.69, 9.17) is 9.47 Å². The standard InChI is InChI=1S/C17H27NO2/c1-12-10-17(19-4)13(2)9-15(12)16(18-3)11-14-7-5-6-8-20-14/h9-10,14,16,18H,5-8,11H2,1-4H3. The summed E-state index contributed by atoms with van der Waals surface area (Å²) in [6.07, 6.45) is 5.13. The van der Waals surface area contributed by atoms with Gasteiger partial charge in [0.25, 0.3) is 0 Å². The van der Waals surface area contributed by atoms with E-state index in [1.54, 1.807) is 7.11 Å². The Morgan fingerprint density at radius 3 is 2.70 bits per heavy atom. The van der Waals surface area contributed by atoms with Crippen LogP contribution in [0.1, 0.15) is 48.4 Å². The zero-order chi connectivity index (χ0) is 14.5. The van der Waals surface area contributed by atoms with Crippen molar-refractivity contribution in [2.24, 2.45) is 0 Å². The Hall–Kier alpha value is -1.06. The normalized spacial score (nSPS) is 20.7. The van der Waals surface area contributed by atoms with Crippen molar-refractivity contribution >= 4 is 0 Å². The van der Waals surface area contributed by atoms with Crippen LogP contribution in [0.2, 0.25) is 0 Å². The Morgan fingerprint density at radius 2 is 2.10 bits per heavy atom. The van der Waals surface area contributed by atoms with Gasteiger partial charge in [-0.15, -0.1) is 0 Å². The molecule has 1 aliphatic heterocycles. The molecule has 1 aromatic rings. The van der Waals surface area contributed by atoms with Gasteiger partial charge in [-0.1, -0.05) is 6.07 Å². The Kier molecular flexibility index (Phi) is 5.44. The molecule has 2 unspecified atom stereocenters. The van der Waals surface area contributed by atoms with Gasteiger partial charge in [0.15, 0.2) is 0 Å². The van der Waals surface area contributed by atoms with Crippen LogP contribution in [0.15, 0.2) is 12.1 Å². The predicted molar refractivity (Wildman–Crippen MR) is 82.5 cm³/mol. The molecule has 3 nitrogen and oxygen atoms in total. The minimum Gasteiger partial charge on any atom is -0.496 e. The van der Waals surface area contributed by atoms with E-state index in [1.807, 2.05) is 7.05 Å². The monoisotopic (exact) mass is 277 g/mol. The number of hydrogen-bond donors (Lipinski definition) is 1. The van der Waals surface area contributed by atoms with Crippen molar-refractivity contribution in [3.63, 3.8) is 0 Å². The van der Waals surface area contributed by atoms with Crippen molar-refractivity contribution in [1.82, 2.24) is 5.32 Å². The fourth-order valence-electron chi connectivity index (χ4n) is 3.06. The van der Waals surface area contributed by atoms with Gasteiger partial charge in [-0.25, -0.2) is 0 Å². The topological polar surface area (TPSA) is 30.5 Å². The van der Waals surface area contributed by atoms with Gasteiger partial charge in [0.1, 0.15) is 5.75 Å². The highest BCUT2D eigenvalue weighted by Crippen LogP contribution is 2.30. The lowest BCUT2D eigenvalue weighted by molar-refractivity contribution is 0.00544. The number of ether oxygens (including phenoxy) is 2. The number of benzene rings is 1. The average molecular weight is 277 g/mol. The van der Waals surface area contributed by atoms with Crippen molar-refractivity contribution in [2.45, 2.75) is 51.7 Å². The van der Waals surface area contributed by atoms with Crippen LogP contribution in [0.3, 0.4) is 0 Å². The highest BCUT2D eigenvalue weighted by Gasteiger charge is 2.21. The third kappa shape index (κ3) is 3.53. The maximum atomic E-state index is 5.88. The SMILES string of the molecule is CNC(CC1CCCCO1)c1cc(C)c(OC)cc1C. The predicted octanol–water partition coefficient (Wildman–Crippen LogP) is 3.53. The van der Waals surface area contributed by atoms with E-state index < -0.39 is 0 Å². The van der Waals surface area contributed by atoms with Gasteiger partial charge in [0.2, 0.25) is 0 Å². The average Bonchev–Trinajstić information content (AvgIpc) is 2.48. The lowest BCUT2D eigenvalue weighted by Crippen LogP contribution is -2.27. The van der Waals surface area contributed by atoms with E-state index in [-0.39, 0.29) is 0 Å². The molecule has 1 saturated heterocycles. The second-order valence-electron chi connectivity index (χ2n) is 5.74. The molecule has 0 aromatic heterocycles. The molecule has 112 valence electrons. The number of methoxy groups -OCH3 is 1. The number of hydrogen-bond acceptors (Lipinski definition) is 3. The Labute approximate surface area is 122 Å². The van der Waals surface area contributed by atoms with E-state index in [1.165, 1.54) is 36.0 Å². The molecule has 1 fully saturated rings. The van der Waals surface area contributed by atoms with Crippen molar-refractivity contribution in [3.05, 3.63) is 28.8 Å². The summed E-state index contributed by atoms with van der Waals surface area (Å²) in [5, 5.41) is 3.45. The summed E-state index contributed by atoms with van der Waals surface area (Å²) in [6.45, 7) is 5.18. The number of nitrogens with one attached hydrogen (secondary N) is 1. The Bertz CT molecular complexity index is 439. The molecule has 1 heterocycles. The quantitative estimate of drug-likeness (QED) is 0.893. The van der Waals surface area contributed by atoms with Crippen molar-refractivity contribution in [2.75, 3.05) is 20.8 Å². The van der Waals surface area contributed by atoms with Crippen LogP contribution in [0.4, 0.5) is 0 Å². The lowest BCUT2D eigenvalue weighted by Gasteiger charge is -2.28. The van der Waals surface area contributed by atoms with E-state index in [2.05, 4.69) is 31.3 Å². The molecule has 1 N–H and O–H groups in total. The van der Waals surface area contributed by atoms with Crippen molar-refractivity contribution in [3.8, 4) is 5.75 Å². The highest BCUT2D eigenvalue weighted by molar-refractivity contribution is 5.42. The third-order valence-electron chi connectivity index (χ3n) is 4.28. The van der Waals surface area contributed by atoms with Crippen LogP contribution >= 0.6 is 0 Å². The van der Waals surface area contributed by atoms with Crippen LogP contribution < -0.4 is 10.1 Å². The van der Waals surface area contributed by atoms with Gasteiger partial charge in [-0.2, -0.15) is 0 Å². The molecule has 1 aromatic carbocycles. The first-order valence-corrected chi connectivity index (χ1v) is 7.59. The van der Waals surface area contributed by atoms with E-state index >= 15 is 0 Å². The third-order valence-corrected chi connectivity index (χ3v) is 4.28. The lowest BCUT2D eigenvalue weighted by atomic mass is 9.92. The minimum absolute atomic E-state index is 0.350. The van der Waals surface area contributed by atoms with Crippen LogP contribution in [0, 0.1) is 13.8 Å². The second-order valence-corrected chi connectivity index (χ2v) is 5.74. The van der Waals surface area contributed by atoms with E-state index in [0.29, 0.717) is 12.1 Å². The fourth-order valence-corrected chi connectivity index (χ4v) is 3.06. The van der Waals surface area contributed by atoms with Crippen LogP contribution in [-0.2, 0) is 4.74 Å². The summed E-state index contributed by atoms with van der Waals surface area (Å²) < 4.78 is 11.3. The molecular weight excluding hydrogens is 250 g/mol. The molecule has 0 aliphatic carbocycles. The summed E-state index contributed by atoms with van der Waals surface area (Å²) in [5.41, 5.74) is 3.83. The minimum atomic E-state index is 0.350. The fraction of sp³-hybridized carbons (Fsp3) is 0.647. The van der Waals surface area contributed by atoms with Gasteiger partial charge in [-0.05, 0) is 69.3 Å². The van der Waals surface area contributed by atoms with Crippen LogP contribution in [0.5, 0.6) is 5.75 Å². The first-order chi connectivity index (χ1) is 9.65. The molecule has 0 saturated carbocycles. The summed E-state index contributed by atoms with van der Waals surface area (Å²) in [7, 11) is 3.76. The molecule has 2 atom stereocenters. The van der Waals surface area contributed by atoms with Gasteiger partial charge in [0.05, 0.1) is 13.2 Å². The van der Waals surface area contributed by atoms with E-state index in [0.717, 1.165) is 18.8 Å². The molecule has 2 rings (SSSR count). The van der Waals surface area contributed by atoms with Crippen LogP contribution in [0.25, 0.3) is 0 Å². The first kappa shape index (κ1) is 15.3. The molecule has 3 heteroatoms. The van der Waals surface area contributed by atoms with Gasteiger partial charge in [-0.3, -0.25) is 0 Å². The van der Waals surface area contributed by atoms with Gasteiger partial charge < -0.3 is 14.8 Å². The number of aryl methyl sites for hydroxylation is 2. The highest BCUT2D eigenvalue weighted by atomic mass is 16.5. The summed E-state index contributed by atoms with van der Waals surface area (Å²) in [5.74, 6) is 0.968. The van der Waals surface area contributed by atoms with Gasteiger partial charge >= 0.3 is 0 Å². The Balaban J connectivity index is 2.16. The summed E-state index contributed by atoms with van der Waals surface area (Å²) in [6, 6.07) is 4.73. The molecular formula is C17H27NO2. The summed E-state index contributed by atoms with van der Waals surface area (Å²) >= 11 is 0. The summed E-state index contributed by atoms with van der Waals surface area (Å²) in [4.78, 5) is 0. The number of rotatable bonds is 5. The van der Waals surface area contributed by atoms with Crippen molar-refractivity contribution < 1.29 is 9.47 Å². The molecule has 0 bridgehead atoms. The second kappa shape index (κ2) is 7.09. The smallest absolute Gasteiger partial charge is 0.122 e. The first-order valence-electron chi connectivity index (χ1n) is 7.59. The Morgan fingerprint density at radius 1 is 1.30 bits per heavy atom. The largest absolute Gasteiger partial charge is 0.496 e. The maximum Gasteiger partial charge on any atom is 0.122 e. The zero-order valence-electron chi connectivity index (χ0n) is 13.2. The maximum absolute atomic E-state index is 5.88. The molecule has 0 radical (unpaired) electrons. The molecule has 1 aliphatic rings. The zero-order valence-corrected chi connectivity index (χ0v) is 13.2. The molecule has 20 heavy (non-hydrogen) atoms. The molecule has 0 spiro atoms. The van der Waals surface area contributed by atoms with Crippen LogP contribution in [-0.4, -0.2) is 26.9 Å². The van der Waals surface area contributed by atoms with Gasteiger partial charge in [0, 0.05) is 12.6 Å².